The van der Waals surface area contributed by atoms with Crippen LogP contribution in [0.2, 0.25) is 0 Å². The number of hydrogen-bond acceptors (Lipinski definition) is 3. The Balaban J connectivity index is 1.97. The molecule has 1 aliphatic heterocycles. The van der Waals surface area contributed by atoms with Gasteiger partial charge in [-0.15, -0.1) is 0 Å². The second-order valence-corrected chi connectivity index (χ2v) is 4.79. The average Bonchev–Trinajstić information content (AvgIpc) is 2.93. The molecule has 3 nitrogen and oxygen atoms in total. The summed E-state index contributed by atoms with van der Waals surface area (Å²) in [6.07, 6.45) is -0.631. The van der Waals surface area contributed by atoms with E-state index in [4.69, 9.17) is 9.15 Å². The molecule has 0 fully saturated rings. The van der Waals surface area contributed by atoms with E-state index in [2.05, 4.69) is 0 Å². The molecular weight excluding hydrogens is 228 g/mol. The van der Waals surface area contributed by atoms with Crippen LogP contribution in [0.4, 0.5) is 0 Å². The molecule has 3 rings (SSSR count). The van der Waals surface area contributed by atoms with Gasteiger partial charge in [0.1, 0.15) is 17.6 Å². The van der Waals surface area contributed by atoms with Crippen LogP contribution in [-0.2, 0) is 18.0 Å². The van der Waals surface area contributed by atoms with Gasteiger partial charge in [0.05, 0.1) is 13.2 Å². The van der Waals surface area contributed by atoms with Crippen LogP contribution >= 0.6 is 0 Å². The van der Waals surface area contributed by atoms with Crippen molar-refractivity contribution in [2.45, 2.75) is 33.2 Å². The lowest BCUT2D eigenvalue weighted by molar-refractivity contribution is 0.134. The highest BCUT2D eigenvalue weighted by atomic mass is 16.5. The number of aliphatic hydroxyl groups is 1. The van der Waals surface area contributed by atoms with Gasteiger partial charge in [-0.25, -0.2) is 0 Å². The van der Waals surface area contributed by atoms with Crippen molar-refractivity contribution in [3.05, 3.63) is 58.0 Å². The van der Waals surface area contributed by atoms with E-state index in [9.17, 15) is 5.11 Å². The van der Waals surface area contributed by atoms with Crippen molar-refractivity contribution in [3.8, 4) is 0 Å². The molecule has 0 saturated carbocycles. The largest absolute Gasteiger partial charge is 0.466 e. The smallest absolute Gasteiger partial charge is 0.107 e. The molecule has 94 valence electrons. The first-order valence-corrected chi connectivity index (χ1v) is 6.09. The molecule has 18 heavy (non-hydrogen) atoms. The maximum absolute atomic E-state index is 10.4. The molecule has 1 atom stereocenters. The molecule has 0 spiro atoms. The minimum absolute atomic E-state index is 0.631. The van der Waals surface area contributed by atoms with Crippen molar-refractivity contribution in [1.82, 2.24) is 0 Å². The van der Waals surface area contributed by atoms with Crippen LogP contribution in [0.15, 0.2) is 28.7 Å². The summed E-state index contributed by atoms with van der Waals surface area (Å²) in [5, 5.41) is 10.4. The third kappa shape index (κ3) is 1.85. The molecule has 0 amide bonds. The third-order valence-corrected chi connectivity index (χ3v) is 3.44. The number of rotatable bonds is 2. The zero-order valence-corrected chi connectivity index (χ0v) is 10.6. The second kappa shape index (κ2) is 4.26. The first-order chi connectivity index (χ1) is 8.65. The lowest BCUT2D eigenvalue weighted by Crippen LogP contribution is -2.01. The Hall–Kier alpha value is -1.58. The number of furan rings is 1. The van der Waals surface area contributed by atoms with E-state index in [1.54, 1.807) is 0 Å². The lowest BCUT2D eigenvalue weighted by atomic mass is 9.98. The summed E-state index contributed by atoms with van der Waals surface area (Å²) < 4.78 is 10.8. The SMILES string of the molecule is Cc1cc(C(O)c2ccc3c(c2)COC3)c(C)o1. The molecule has 1 N–H and O–H groups in total. The zero-order valence-electron chi connectivity index (χ0n) is 10.6. The van der Waals surface area contributed by atoms with Gasteiger partial charge in [0.15, 0.2) is 0 Å². The van der Waals surface area contributed by atoms with E-state index in [-0.39, 0.29) is 0 Å². The van der Waals surface area contributed by atoms with Gasteiger partial charge < -0.3 is 14.3 Å². The van der Waals surface area contributed by atoms with Gasteiger partial charge in [0.25, 0.3) is 0 Å². The van der Waals surface area contributed by atoms with Crippen molar-refractivity contribution in [2.75, 3.05) is 0 Å². The summed E-state index contributed by atoms with van der Waals surface area (Å²) in [5.74, 6) is 1.60. The Bertz CT molecular complexity index is 583. The quantitative estimate of drug-likeness (QED) is 0.883. The molecule has 0 aliphatic carbocycles. The first-order valence-electron chi connectivity index (χ1n) is 6.09. The summed E-state index contributed by atoms with van der Waals surface area (Å²) >= 11 is 0. The van der Waals surface area contributed by atoms with Crippen molar-refractivity contribution < 1.29 is 14.3 Å². The van der Waals surface area contributed by atoms with Gasteiger partial charge in [-0.05, 0) is 36.6 Å². The molecule has 1 unspecified atom stereocenters. The Labute approximate surface area is 106 Å². The molecule has 1 aromatic heterocycles. The van der Waals surface area contributed by atoms with Crippen molar-refractivity contribution in [3.63, 3.8) is 0 Å². The van der Waals surface area contributed by atoms with E-state index in [0.717, 1.165) is 22.6 Å². The standard InChI is InChI=1S/C15H16O3/c1-9-5-14(10(2)18-9)15(16)11-3-4-12-7-17-8-13(12)6-11/h3-6,15-16H,7-8H2,1-2H3. The Morgan fingerprint density at radius 2 is 1.89 bits per heavy atom. The predicted molar refractivity (Wildman–Crippen MR) is 67.2 cm³/mol. The van der Waals surface area contributed by atoms with Gasteiger partial charge in [-0.2, -0.15) is 0 Å². The van der Waals surface area contributed by atoms with Crippen molar-refractivity contribution in [1.29, 1.82) is 0 Å². The van der Waals surface area contributed by atoms with Gasteiger partial charge in [-0.3, -0.25) is 0 Å². The van der Waals surface area contributed by atoms with Crippen LogP contribution < -0.4 is 0 Å². The molecule has 1 aromatic carbocycles. The van der Waals surface area contributed by atoms with Crippen LogP contribution in [0.3, 0.4) is 0 Å². The minimum Gasteiger partial charge on any atom is -0.466 e. The number of aliphatic hydroxyl groups excluding tert-OH is 1. The highest BCUT2D eigenvalue weighted by Gasteiger charge is 2.19. The zero-order chi connectivity index (χ0) is 12.7. The van der Waals surface area contributed by atoms with Crippen LogP contribution in [0.25, 0.3) is 0 Å². The van der Waals surface area contributed by atoms with E-state index >= 15 is 0 Å². The molecule has 0 saturated heterocycles. The highest BCUT2D eigenvalue weighted by Crippen LogP contribution is 2.30. The van der Waals surface area contributed by atoms with Crippen LogP contribution in [0.5, 0.6) is 0 Å². The summed E-state index contributed by atoms with van der Waals surface area (Å²) in [7, 11) is 0. The van der Waals surface area contributed by atoms with Gasteiger partial charge >= 0.3 is 0 Å². The third-order valence-electron chi connectivity index (χ3n) is 3.44. The Morgan fingerprint density at radius 3 is 2.61 bits per heavy atom. The summed E-state index contributed by atoms with van der Waals surface area (Å²) in [5.41, 5.74) is 4.12. The van der Waals surface area contributed by atoms with Gasteiger partial charge in [0.2, 0.25) is 0 Å². The Kier molecular flexibility index (Phi) is 2.73. The number of hydrogen-bond donors (Lipinski definition) is 1. The minimum atomic E-state index is -0.631. The van der Waals surface area contributed by atoms with Crippen LogP contribution in [-0.4, -0.2) is 5.11 Å². The molecule has 2 aromatic rings. The molecule has 0 bridgehead atoms. The molecule has 1 aliphatic rings. The average molecular weight is 244 g/mol. The molecule has 0 radical (unpaired) electrons. The molecular formula is C15H16O3. The fourth-order valence-electron chi connectivity index (χ4n) is 2.46. The van der Waals surface area contributed by atoms with Gasteiger partial charge in [-0.1, -0.05) is 18.2 Å². The normalized spacial score (nSPS) is 15.7. The van der Waals surface area contributed by atoms with Crippen LogP contribution in [0, 0.1) is 13.8 Å². The summed E-state index contributed by atoms with van der Waals surface area (Å²) in [6.45, 7) is 5.08. The van der Waals surface area contributed by atoms with E-state index in [1.807, 2.05) is 38.1 Å². The predicted octanol–water partition coefficient (Wildman–Crippen LogP) is 3.01. The van der Waals surface area contributed by atoms with Crippen molar-refractivity contribution >= 4 is 0 Å². The second-order valence-electron chi connectivity index (χ2n) is 4.79. The van der Waals surface area contributed by atoms with E-state index in [1.165, 1.54) is 11.1 Å². The number of ether oxygens (including phenoxy) is 1. The summed E-state index contributed by atoms with van der Waals surface area (Å²) in [6, 6.07) is 7.90. The maximum Gasteiger partial charge on any atom is 0.107 e. The van der Waals surface area contributed by atoms with E-state index < -0.39 is 6.10 Å². The topological polar surface area (TPSA) is 42.6 Å². The molecule has 2 heterocycles. The maximum atomic E-state index is 10.4. The highest BCUT2D eigenvalue weighted by molar-refractivity contribution is 5.38. The number of fused-ring (bicyclic) bond motifs is 1. The monoisotopic (exact) mass is 244 g/mol. The molecule has 3 heteroatoms. The summed E-state index contributed by atoms with van der Waals surface area (Å²) in [4.78, 5) is 0. The van der Waals surface area contributed by atoms with Crippen molar-refractivity contribution in [2.24, 2.45) is 0 Å². The first kappa shape index (κ1) is 11.5. The number of benzene rings is 1. The van der Waals surface area contributed by atoms with Gasteiger partial charge in [0, 0.05) is 5.56 Å². The fourth-order valence-corrected chi connectivity index (χ4v) is 2.46. The van der Waals surface area contributed by atoms with E-state index in [0.29, 0.717) is 13.2 Å². The van der Waals surface area contributed by atoms with Crippen LogP contribution in [0.1, 0.15) is 39.9 Å². The Morgan fingerprint density at radius 1 is 1.11 bits per heavy atom. The lowest BCUT2D eigenvalue weighted by Gasteiger charge is -2.11. The number of aryl methyl sites for hydroxylation is 2. The fraction of sp³-hybridized carbons (Fsp3) is 0.333.